The summed E-state index contributed by atoms with van der Waals surface area (Å²) in [6, 6.07) is 2.55. The number of nitrogens with one attached hydrogen (secondary N) is 2. The second kappa shape index (κ2) is 8.46. The highest BCUT2D eigenvalue weighted by molar-refractivity contribution is 7.14. The second-order valence-corrected chi connectivity index (χ2v) is 8.44. The standard InChI is InChI=1S/C21H22N4O5S/c1-11(25-19(28)14-5-3-4-6-15(14)20(25)29)18(27)24-21-23-16(10-31-21)17-8-7-13(30-17)9-22-12(2)26/h3-4,7-8,10-11,14-15H,5-6,9H2,1-2H3,(H,22,26)(H,23,24,27)/t11-,14?,15?/m0/s1. The van der Waals surface area contributed by atoms with Crippen LogP contribution in [0.1, 0.15) is 32.4 Å². The van der Waals surface area contributed by atoms with Gasteiger partial charge in [0.15, 0.2) is 10.9 Å². The van der Waals surface area contributed by atoms with E-state index in [0.717, 1.165) is 4.90 Å². The fraction of sp³-hybridized carbons (Fsp3) is 0.381. The second-order valence-electron chi connectivity index (χ2n) is 7.58. The summed E-state index contributed by atoms with van der Waals surface area (Å²) in [4.78, 5) is 54.5. The number of thiazole rings is 1. The van der Waals surface area contributed by atoms with Gasteiger partial charge in [0.05, 0.1) is 18.4 Å². The zero-order valence-corrected chi connectivity index (χ0v) is 17.9. The first-order valence-corrected chi connectivity index (χ1v) is 10.8. The average Bonchev–Trinajstić information content (AvgIpc) is 3.46. The van der Waals surface area contributed by atoms with Gasteiger partial charge in [-0.1, -0.05) is 12.2 Å². The zero-order valence-electron chi connectivity index (χ0n) is 17.1. The topological polar surface area (TPSA) is 122 Å². The SMILES string of the molecule is CC(=O)NCc1ccc(-c2csc(NC(=O)[C@H](C)N3C(=O)C4CC=CCC4C3=O)n2)o1. The van der Waals surface area contributed by atoms with Crippen molar-refractivity contribution in [1.82, 2.24) is 15.2 Å². The molecule has 0 aromatic carbocycles. The Morgan fingerprint density at radius 3 is 2.55 bits per heavy atom. The Morgan fingerprint density at radius 1 is 1.23 bits per heavy atom. The van der Waals surface area contributed by atoms with Crippen LogP contribution in [0.15, 0.2) is 34.1 Å². The zero-order chi connectivity index (χ0) is 22.1. The molecule has 4 amide bonds. The molecule has 2 N–H and O–H groups in total. The van der Waals surface area contributed by atoms with E-state index in [-0.39, 0.29) is 36.1 Å². The van der Waals surface area contributed by atoms with Gasteiger partial charge >= 0.3 is 0 Å². The lowest BCUT2D eigenvalue weighted by Gasteiger charge is -2.21. The van der Waals surface area contributed by atoms with Crippen LogP contribution in [-0.2, 0) is 25.7 Å². The number of amides is 4. The Labute approximate surface area is 182 Å². The molecule has 1 fully saturated rings. The third-order valence-corrected chi connectivity index (χ3v) is 6.23. The maximum absolute atomic E-state index is 12.7. The highest BCUT2D eigenvalue weighted by Crippen LogP contribution is 2.36. The number of hydrogen-bond acceptors (Lipinski definition) is 7. The molecule has 10 heteroatoms. The van der Waals surface area contributed by atoms with Crippen LogP contribution in [0.3, 0.4) is 0 Å². The molecule has 2 aromatic rings. The largest absolute Gasteiger partial charge is 0.458 e. The summed E-state index contributed by atoms with van der Waals surface area (Å²) < 4.78 is 5.66. The number of carbonyl (C=O) groups excluding carboxylic acids is 4. The molecule has 2 aromatic heterocycles. The van der Waals surface area contributed by atoms with E-state index < -0.39 is 11.9 Å². The molecule has 4 rings (SSSR count). The molecule has 1 aliphatic heterocycles. The summed E-state index contributed by atoms with van der Waals surface area (Å²) >= 11 is 1.21. The first-order chi connectivity index (χ1) is 14.8. The smallest absolute Gasteiger partial charge is 0.249 e. The molecule has 3 heterocycles. The van der Waals surface area contributed by atoms with Crippen LogP contribution in [-0.4, -0.2) is 39.6 Å². The Kier molecular flexibility index (Phi) is 5.73. The summed E-state index contributed by atoms with van der Waals surface area (Å²) in [6.45, 7) is 3.25. The number of allylic oxidation sites excluding steroid dienone is 2. The van der Waals surface area contributed by atoms with E-state index in [4.69, 9.17) is 4.42 Å². The number of furan rings is 1. The molecule has 9 nitrogen and oxygen atoms in total. The van der Waals surface area contributed by atoms with Gasteiger partial charge in [-0.15, -0.1) is 11.3 Å². The minimum absolute atomic E-state index is 0.156. The average molecular weight is 442 g/mol. The van der Waals surface area contributed by atoms with E-state index in [2.05, 4.69) is 15.6 Å². The van der Waals surface area contributed by atoms with Crippen molar-refractivity contribution in [1.29, 1.82) is 0 Å². The minimum atomic E-state index is -0.925. The molecule has 1 saturated heterocycles. The van der Waals surface area contributed by atoms with Crippen molar-refractivity contribution < 1.29 is 23.6 Å². The lowest BCUT2D eigenvalue weighted by Crippen LogP contribution is -2.46. The molecule has 162 valence electrons. The van der Waals surface area contributed by atoms with Crippen LogP contribution in [0.5, 0.6) is 0 Å². The molecule has 2 aliphatic rings. The summed E-state index contributed by atoms with van der Waals surface area (Å²) in [7, 11) is 0. The van der Waals surface area contributed by atoms with Gasteiger partial charge in [-0.3, -0.25) is 24.1 Å². The quantitative estimate of drug-likeness (QED) is 0.523. The van der Waals surface area contributed by atoms with Gasteiger partial charge in [0.2, 0.25) is 23.6 Å². The fourth-order valence-electron chi connectivity index (χ4n) is 3.80. The predicted molar refractivity (Wildman–Crippen MR) is 113 cm³/mol. The van der Waals surface area contributed by atoms with Crippen molar-refractivity contribution in [3.8, 4) is 11.5 Å². The van der Waals surface area contributed by atoms with Crippen LogP contribution in [0, 0.1) is 11.8 Å². The number of imide groups is 1. The van der Waals surface area contributed by atoms with Crippen LogP contribution in [0.25, 0.3) is 11.5 Å². The van der Waals surface area contributed by atoms with Crippen molar-refractivity contribution in [2.45, 2.75) is 39.3 Å². The highest BCUT2D eigenvalue weighted by atomic mass is 32.1. The normalized spacial score (nSPS) is 21.2. The molecular formula is C21H22N4O5S. The molecular weight excluding hydrogens is 420 g/mol. The maximum Gasteiger partial charge on any atom is 0.249 e. The highest BCUT2D eigenvalue weighted by Gasteiger charge is 2.50. The van der Waals surface area contributed by atoms with E-state index in [9.17, 15) is 19.2 Å². The van der Waals surface area contributed by atoms with Gasteiger partial charge in [0, 0.05) is 12.3 Å². The van der Waals surface area contributed by atoms with Gasteiger partial charge in [0.1, 0.15) is 17.5 Å². The Balaban J connectivity index is 1.40. The van der Waals surface area contributed by atoms with Crippen molar-refractivity contribution in [3.63, 3.8) is 0 Å². The minimum Gasteiger partial charge on any atom is -0.458 e. The van der Waals surface area contributed by atoms with E-state index in [1.807, 2.05) is 12.2 Å². The van der Waals surface area contributed by atoms with Crippen LogP contribution < -0.4 is 10.6 Å². The molecule has 1 aliphatic carbocycles. The Hall–Kier alpha value is -3.27. The molecule has 2 unspecified atom stereocenters. The number of anilines is 1. The predicted octanol–water partition coefficient (Wildman–Crippen LogP) is 2.32. The number of carbonyl (C=O) groups is 4. The number of rotatable bonds is 6. The maximum atomic E-state index is 12.7. The molecule has 0 spiro atoms. The summed E-state index contributed by atoms with van der Waals surface area (Å²) in [5, 5.41) is 7.41. The summed E-state index contributed by atoms with van der Waals surface area (Å²) in [6.07, 6.45) is 4.88. The molecule has 0 radical (unpaired) electrons. The van der Waals surface area contributed by atoms with E-state index in [1.165, 1.54) is 18.3 Å². The van der Waals surface area contributed by atoms with Crippen LogP contribution >= 0.6 is 11.3 Å². The van der Waals surface area contributed by atoms with Gasteiger partial charge in [-0.25, -0.2) is 4.98 Å². The lowest BCUT2D eigenvalue weighted by atomic mass is 9.85. The van der Waals surface area contributed by atoms with Crippen molar-refractivity contribution in [2.24, 2.45) is 11.8 Å². The number of fused-ring (bicyclic) bond motifs is 1. The third kappa shape index (κ3) is 4.15. The van der Waals surface area contributed by atoms with Crippen LogP contribution in [0.2, 0.25) is 0 Å². The monoisotopic (exact) mass is 442 g/mol. The molecule has 0 saturated carbocycles. The van der Waals surface area contributed by atoms with Gasteiger partial charge in [-0.05, 0) is 31.9 Å². The van der Waals surface area contributed by atoms with Crippen molar-refractivity contribution in [3.05, 3.63) is 35.4 Å². The van der Waals surface area contributed by atoms with Gasteiger partial charge in [-0.2, -0.15) is 0 Å². The van der Waals surface area contributed by atoms with Gasteiger partial charge in [0.25, 0.3) is 0 Å². The van der Waals surface area contributed by atoms with E-state index in [1.54, 1.807) is 24.4 Å². The first-order valence-electron chi connectivity index (χ1n) is 9.97. The van der Waals surface area contributed by atoms with E-state index in [0.29, 0.717) is 35.2 Å². The van der Waals surface area contributed by atoms with Crippen molar-refractivity contribution >= 4 is 40.1 Å². The molecule has 31 heavy (non-hydrogen) atoms. The third-order valence-electron chi connectivity index (χ3n) is 5.47. The molecule has 3 atom stereocenters. The number of hydrogen-bond donors (Lipinski definition) is 2. The van der Waals surface area contributed by atoms with Crippen molar-refractivity contribution in [2.75, 3.05) is 5.32 Å². The first kappa shape index (κ1) is 21.0. The number of aromatic nitrogens is 1. The van der Waals surface area contributed by atoms with E-state index >= 15 is 0 Å². The lowest BCUT2D eigenvalue weighted by molar-refractivity contribution is -0.146. The summed E-state index contributed by atoms with van der Waals surface area (Å²) in [5.74, 6) is -0.856. The molecule has 0 bridgehead atoms. The number of nitrogens with zero attached hydrogens (tertiary/aromatic N) is 2. The summed E-state index contributed by atoms with van der Waals surface area (Å²) in [5.41, 5.74) is 0.535. The Morgan fingerprint density at radius 2 is 1.90 bits per heavy atom. The van der Waals surface area contributed by atoms with Crippen LogP contribution in [0.4, 0.5) is 5.13 Å². The van der Waals surface area contributed by atoms with Gasteiger partial charge < -0.3 is 15.1 Å². The Bertz CT molecular complexity index is 1050. The fourth-order valence-corrected chi connectivity index (χ4v) is 4.50. The number of likely N-dealkylation sites (tertiary alicyclic amines) is 1.